The quantitative estimate of drug-likeness (QED) is 0.405. The van der Waals surface area contributed by atoms with E-state index in [0.29, 0.717) is 23.3 Å². The number of rotatable bonds is 8. The molecule has 0 spiro atoms. The normalized spacial score (nSPS) is 25.0. The standard InChI is InChI=1S/C33H43FN2O4/c1-32(2)18-27(36(5)19-32)30(37)35-22-13-14-23(17-22)40-28-15-12-21(33(3,4)31(38)39)16-25(28)24-10-7-11-26(34)29(24)20-8-6-9-20/h7,10-12,15-16,20,22-23,27H,6,8-9,13-14,17-19H2,1-5H3,(H,35,37)(H,38,39)/t22-,23-,27+/m1/s1. The number of carbonyl (C=O) groups is 2. The topological polar surface area (TPSA) is 78.9 Å². The number of aliphatic carboxylic acids is 1. The van der Waals surface area contributed by atoms with E-state index in [-0.39, 0.29) is 41.2 Å². The van der Waals surface area contributed by atoms with E-state index in [1.54, 1.807) is 26.0 Å². The van der Waals surface area contributed by atoms with Crippen LogP contribution in [-0.2, 0) is 15.0 Å². The van der Waals surface area contributed by atoms with Gasteiger partial charge in [0.25, 0.3) is 0 Å². The molecule has 3 aliphatic rings. The van der Waals surface area contributed by atoms with Crippen molar-refractivity contribution in [2.24, 2.45) is 5.41 Å². The van der Waals surface area contributed by atoms with Crippen molar-refractivity contribution in [1.82, 2.24) is 10.2 Å². The maximum absolute atomic E-state index is 15.2. The van der Waals surface area contributed by atoms with Gasteiger partial charge in [0.05, 0.1) is 11.5 Å². The number of amides is 1. The van der Waals surface area contributed by atoms with Crippen LogP contribution in [0, 0.1) is 11.2 Å². The molecule has 2 aliphatic carbocycles. The first-order valence-corrected chi connectivity index (χ1v) is 14.7. The lowest BCUT2D eigenvalue weighted by Crippen LogP contribution is -2.45. The molecule has 5 rings (SSSR count). The third-order valence-corrected chi connectivity index (χ3v) is 9.38. The lowest BCUT2D eigenvalue weighted by molar-refractivity contribution is -0.142. The number of carboxylic acid groups (broad SMARTS) is 1. The fourth-order valence-corrected chi connectivity index (χ4v) is 6.72. The van der Waals surface area contributed by atoms with Gasteiger partial charge in [0.1, 0.15) is 17.7 Å². The van der Waals surface area contributed by atoms with Gasteiger partial charge >= 0.3 is 5.97 Å². The predicted octanol–water partition coefficient (Wildman–Crippen LogP) is 6.27. The fourth-order valence-electron chi connectivity index (χ4n) is 6.72. The predicted molar refractivity (Wildman–Crippen MR) is 154 cm³/mol. The molecule has 7 heteroatoms. The van der Waals surface area contributed by atoms with E-state index in [1.807, 2.05) is 25.2 Å². The first-order valence-electron chi connectivity index (χ1n) is 14.7. The van der Waals surface area contributed by atoms with Crippen LogP contribution in [0.3, 0.4) is 0 Å². The zero-order chi connectivity index (χ0) is 28.8. The second-order valence-electron chi connectivity index (χ2n) is 13.5. The summed E-state index contributed by atoms with van der Waals surface area (Å²) in [6, 6.07) is 10.6. The van der Waals surface area contributed by atoms with Crippen molar-refractivity contribution in [3.8, 4) is 16.9 Å². The third kappa shape index (κ3) is 5.63. The molecule has 2 saturated carbocycles. The molecule has 40 heavy (non-hydrogen) atoms. The van der Waals surface area contributed by atoms with Crippen LogP contribution in [-0.4, -0.2) is 53.7 Å². The summed E-state index contributed by atoms with van der Waals surface area (Å²) in [7, 11) is 2.01. The van der Waals surface area contributed by atoms with E-state index < -0.39 is 11.4 Å². The molecule has 3 atom stereocenters. The number of likely N-dealkylation sites (N-methyl/N-ethyl adjacent to an activating group) is 1. The van der Waals surface area contributed by atoms with Crippen LogP contribution >= 0.6 is 0 Å². The number of likely N-dealkylation sites (tertiary alicyclic amines) is 1. The number of hydrogen-bond acceptors (Lipinski definition) is 4. The van der Waals surface area contributed by atoms with Crippen molar-refractivity contribution in [3.05, 3.63) is 53.3 Å². The van der Waals surface area contributed by atoms with Gasteiger partial charge in [-0.05, 0) is 99.2 Å². The minimum absolute atomic E-state index is 0.0444. The molecule has 1 saturated heterocycles. The highest BCUT2D eigenvalue weighted by Crippen LogP contribution is 2.46. The largest absolute Gasteiger partial charge is 0.490 e. The average Bonchev–Trinajstić information content (AvgIpc) is 3.40. The second-order valence-corrected chi connectivity index (χ2v) is 13.5. The number of nitrogens with zero attached hydrogens (tertiary/aromatic N) is 1. The van der Waals surface area contributed by atoms with Gasteiger partial charge in [0.2, 0.25) is 5.91 Å². The van der Waals surface area contributed by atoms with Crippen LogP contribution in [0.5, 0.6) is 5.75 Å². The number of halogens is 1. The highest BCUT2D eigenvalue weighted by molar-refractivity contribution is 5.83. The van der Waals surface area contributed by atoms with Gasteiger partial charge in [-0.25, -0.2) is 4.39 Å². The Morgan fingerprint density at radius 3 is 2.48 bits per heavy atom. The number of ether oxygens (including phenoxy) is 1. The molecule has 1 aliphatic heterocycles. The van der Waals surface area contributed by atoms with E-state index >= 15 is 4.39 Å². The van der Waals surface area contributed by atoms with Crippen molar-refractivity contribution in [3.63, 3.8) is 0 Å². The van der Waals surface area contributed by atoms with Crippen LogP contribution in [0.1, 0.15) is 89.7 Å². The van der Waals surface area contributed by atoms with Gasteiger partial charge in [0.15, 0.2) is 0 Å². The van der Waals surface area contributed by atoms with Gasteiger partial charge in [-0.15, -0.1) is 0 Å². The number of carbonyl (C=O) groups excluding carboxylic acids is 1. The summed E-state index contributed by atoms with van der Waals surface area (Å²) in [5, 5.41) is 13.1. The number of nitrogens with one attached hydrogen (secondary N) is 1. The average molecular weight is 551 g/mol. The Labute approximate surface area is 237 Å². The van der Waals surface area contributed by atoms with Crippen LogP contribution in [0.25, 0.3) is 11.1 Å². The minimum atomic E-state index is -1.11. The number of hydrogen-bond donors (Lipinski definition) is 2. The van der Waals surface area contributed by atoms with Crippen molar-refractivity contribution >= 4 is 11.9 Å². The molecule has 1 heterocycles. The van der Waals surface area contributed by atoms with Gasteiger partial charge in [-0.1, -0.05) is 38.5 Å². The zero-order valence-electron chi connectivity index (χ0n) is 24.4. The van der Waals surface area contributed by atoms with Gasteiger partial charge in [-0.3, -0.25) is 14.5 Å². The van der Waals surface area contributed by atoms with Crippen LogP contribution in [0.2, 0.25) is 0 Å². The van der Waals surface area contributed by atoms with E-state index in [4.69, 9.17) is 4.74 Å². The molecule has 1 amide bonds. The summed E-state index contributed by atoms with van der Waals surface area (Å²) in [5.41, 5.74) is 1.87. The lowest BCUT2D eigenvalue weighted by Gasteiger charge is -2.30. The summed E-state index contributed by atoms with van der Waals surface area (Å²) in [6.07, 6.45) is 6.06. The molecule has 2 N–H and O–H groups in total. The smallest absolute Gasteiger partial charge is 0.313 e. The molecule has 3 fully saturated rings. The Kier molecular flexibility index (Phi) is 7.73. The van der Waals surface area contributed by atoms with Crippen molar-refractivity contribution in [2.75, 3.05) is 13.6 Å². The first-order chi connectivity index (χ1) is 18.9. The molecule has 2 aromatic rings. The Bertz CT molecular complexity index is 1290. The Morgan fingerprint density at radius 2 is 1.85 bits per heavy atom. The molecular weight excluding hydrogens is 507 g/mol. The lowest BCUT2D eigenvalue weighted by atomic mass is 9.76. The van der Waals surface area contributed by atoms with Crippen LogP contribution < -0.4 is 10.1 Å². The molecule has 2 aromatic carbocycles. The molecule has 216 valence electrons. The molecule has 0 radical (unpaired) electrons. The maximum Gasteiger partial charge on any atom is 0.313 e. The third-order valence-electron chi connectivity index (χ3n) is 9.38. The highest BCUT2D eigenvalue weighted by atomic mass is 19.1. The Balaban J connectivity index is 1.39. The van der Waals surface area contributed by atoms with Gasteiger partial charge < -0.3 is 15.2 Å². The van der Waals surface area contributed by atoms with Gasteiger partial charge in [-0.2, -0.15) is 0 Å². The number of benzene rings is 2. The Morgan fingerprint density at radius 1 is 1.10 bits per heavy atom. The first kappa shape index (κ1) is 28.6. The fraction of sp³-hybridized carbons (Fsp3) is 0.576. The van der Waals surface area contributed by atoms with Crippen molar-refractivity contribution < 1.29 is 23.8 Å². The summed E-state index contributed by atoms with van der Waals surface area (Å²) < 4.78 is 21.8. The minimum Gasteiger partial charge on any atom is -0.490 e. The number of carboxylic acids is 1. The molecule has 0 aromatic heterocycles. The summed E-state index contributed by atoms with van der Waals surface area (Å²) >= 11 is 0. The molecule has 0 unspecified atom stereocenters. The van der Waals surface area contributed by atoms with Crippen LogP contribution in [0.15, 0.2) is 36.4 Å². The van der Waals surface area contributed by atoms with Crippen molar-refractivity contribution in [1.29, 1.82) is 0 Å². The summed E-state index contributed by atoms with van der Waals surface area (Å²) in [4.78, 5) is 27.3. The maximum atomic E-state index is 15.2. The Hall–Kier alpha value is -2.93. The van der Waals surface area contributed by atoms with E-state index in [0.717, 1.165) is 56.2 Å². The summed E-state index contributed by atoms with van der Waals surface area (Å²) in [6.45, 7) is 8.67. The molecular formula is C33H43FN2O4. The van der Waals surface area contributed by atoms with E-state index in [1.165, 1.54) is 6.07 Å². The van der Waals surface area contributed by atoms with Crippen LogP contribution in [0.4, 0.5) is 4.39 Å². The molecule has 0 bridgehead atoms. The van der Waals surface area contributed by atoms with Gasteiger partial charge in [0, 0.05) is 24.6 Å². The second kappa shape index (κ2) is 10.8. The monoisotopic (exact) mass is 550 g/mol. The summed E-state index contributed by atoms with van der Waals surface area (Å²) in [5.74, 6) is -0.268. The van der Waals surface area contributed by atoms with E-state index in [2.05, 4.69) is 24.1 Å². The highest BCUT2D eigenvalue weighted by Gasteiger charge is 2.40. The van der Waals surface area contributed by atoms with Crippen molar-refractivity contribution in [2.45, 2.75) is 102 Å². The molecule has 6 nitrogen and oxygen atoms in total. The SMILES string of the molecule is CN1CC(C)(C)C[C@H]1C(=O)N[C@@H]1CC[C@@H](Oc2ccc(C(C)(C)C(=O)O)cc2-c2cccc(F)c2C2CCC2)C1. The van der Waals surface area contributed by atoms with E-state index in [9.17, 15) is 14.7 Å². The zero-order valence-corrected chi connectivity index (χ0v) is 24.4.